The fraction of sp³-hybridized carbons (Fsp3) is 0.273. The van der Waals surface area contributed by atoms with Crippen LogP contribution >= 0.6 is 11.6 Å². The van der Waals surface area contributed by atoms with Gasteiger partial charge in [-0.2, -0.15) is 5.10 Å². The Bertz CT molecular complexity index is 1030. The summed E-state index contributed by atoms with van der Waals surface area (Å²) in [6, 6.07) is 14.9. The lowest BCUT2D eigenvalue weighted by atomic mass is 10.0. The topological polar surface area (TPSA) is 65.4 Å². The zero-order valence-electron chi connectivity index (χ0n) is 16.3. The maximum absolute atomic E-state index is 12.9. The maximum atomic E-state index is 12.9. The SMILES string of the molecule is CC(C)c1c(C(=O)NCC2COc3ccccc3O2)cnn1-c1cccc(Cl)c1. The number of hydrogen-bond donors (Lipinski definition) is 1. The molecule has 0 saturated carbocycles. The Hall–Kier alpha value is -2.99. The minimum atomic E-state index is -0.251. The molecule has 0 fully saturated rings. The normalized spacial score (nSPS) is 15.4. The van der Waals surface area contributed by atoms with Crippen LogP contribution in [-0.2, 0) is 0 Å². The molecule has 0 bridgehead atoms. The first kappa shape index (κ1) is 19.3. The molecule has 0 spiro atoms. The van der Waals surface area contributed by atoms with E-state index in [9.17, 15) is 4.79 Å². The lowest BCUT2D eigenvalue weighted by Gasteiger charge is -2.26. The average molecular weight is 412 g/mol. The van der Waals surface area contributed by atoms with Crippen LogP contribution in [0.2, 0.25) is 5.02 Å². The molecule has 1 amide bonds. The van der Waals surface area contributed by atoms with E-state index in [1.165, 1.54) is 0 Å². The van der Waals surface area contributed by atoms with Gasteiger partial charge in [-0.15, -0.1) is 0 Å². The number of para-hydroxylation sites is 2. The molecule has 7 heteroatoms. The van der Waals surface area contributed by atoms with E-state index in [0.717, 1.165) is 17.1 Å². The Morgan fingerprint density at radius 3 is 2.79 bits per heavy atom. The van der Waals surface area contributed by atoms with Gasteiger partial charge in [-0.3, -0.25) is 4.79 Å². The summed E-state index contributed by atoms with van der Waals surface area (Å²) in [5.41, 5.74) is 2.19. The average Bonchev–Trinajstić information content (AvgIpc) is 3.17. The highest BCUT2D eigenvalue weighted by Crippen LogP contribution is 2.30. The molecule has 3 aromatic rings. The van der Waals surface area contributed by atoms with Crippen molar-refractivity contribution in [3.63, 3.8) is 0 Å². The second kappa shape index (κ2) is 8.17. The van der Waals surface area contributed by atoms with Crippen LogP contribution in [0.15, 0.2) is 54.7 Å². The summed E-state index contributed by atoms with van der Waals surface area (Å²) >= 11 is 6.12. The molecule has 29 heavy (non-hydrogen) atoms. The second-order valence-corrected chi connectivity index (χ2v) is 7.63. The third kappa shape index (κ3) is 4.07. The van der Waals surface area contributed by atoms with E-state index in [4.69, 9.17) is 21.1 Å². The summed E-state index contributed by atoms with van der Waals surface area (Å²) in [5.74, 6) is 1.32. The predicted molar refractivity (Wildman–Crippen MR) is 111 cm³/mol. The van der Waals surface area contributed by atoms with Crippen molar-refractivity contribution in [2.75, 3.05) is 13.2 Å². The number of nitrogens with one attached hydrogen (secondary N) is 1. The molecule has 1 N–H and O–H groups in total. The molecule has 1 aromatic heterocycles. The fourth-order valence-electron chi connectivity index (χ4n) is 3.37. The highest BCUT2D eigenvalue weighted by Gasteiger charge is 2.24. The van der Waals surface area contributed by atoms with Gasteiger partial charge < -0.3 is 14.8 Å². The molecule has 1 unspecified atom stereocenters. The minimum Gasteiger partial charge on any atom is -0.486 e. The molecule has 0 saturated heterocycles. The lowest BCUT2D eigenvalue weighted by Crippen LogP contribution is -2.40. The Morgan fingerprint density at radius 2 is 2.03 bits per heavy atom. The van der Waals surface area contributed by atoms with Gasteiger partial charge in [0, 0.05) is 5.02 Å². The molecule has 4 rings (SSSR count). The molecule has 150 valence electrons. The van der Waals surface area contributed by atoms with Crippen LogP contribution in [0.5, 0.6) is 11.5 Å². The first-order chi connectivity index (χ1) is 14.0. The van der Waals surface area contributed by atoms with Crippen molar-refractivity contribution >= 4 is 17.5 Å². The molecule has 1 aliphatic heterocycles. The molecule has 1 aliphatic rings. The fourth-order valence-corrected chi connectivity index (χ4v) is 3.55. The highest BCUT2D eigenvalue weighted by atomic mass is 35.5. The number of carbonyl (C=O) groups excluding carboxylic acids is 1. The van der Waals surface area contributed by atoms with Crippen LogP contribution in [0.4, 0.5) is 0 Å². The zero-order valence-corrected chi connectivity index (χ0v) is 17.0. The molecule has 6 nitrogen and oxygen atoms in total. The zero-order chi connectivity index (χ0) is 20.4. The number of halogens is 1. The van der Waals surface area contributed by atoms with E-state index in [2.05, 4.69) is 10.4 Å². The number of fused-ring (bicyclic) bond motifs is 1. The van der Waals surface area contributed by atoms with Crippen molar-refractivity contribution in [3.05, 3.63) is 71.0 Å². The smallest absolute Gasteiger partial charge is 0.254 e. The van der Waals surface area contributed by atoms with Crippen molar-refractivity contribution < 1.29 is 14.3 Å². The van der Waals surface area contributed by atoms with E-state index >= 15 is 0 Å². The summed E-state index contributed by atoms with van der Waals surface area (Å²) in [4.78, 5) is 12.9. The summed E-state index contributed by atoms with van der Waals surface area (Å²) in [7, 11) is 0. The number of hydrogen-bond acceptors (Lipinski definition) is 4. The van der Waals surface area contributed by atoms with Gasteiger partial charge in [0.25, 0.3) is 5.91 Å². The number of ether oxygens (including phenoxy) is 2. The molecule has 0 aliphatic carbocycles. The van der Waals surface area contributed by atoms with Crippen molar-refractivity contribution in [1.29, 1.82) is 0 Å². The Balaban J connectivity index is 1.49. The van der Waals surface area contributed by atoms with E-state index in [1.54, 1.807) is 10.9 Å². The predicted octanol–water partition coefficient (Wildman–Crippen LogP) is 4.22. The van der Waals surface area contributed by atoms with Crippen LogP contribution < -0.4 is 14.8 Å². The van der Waals surface area contributed by atoms with Gasteiger partial charge in [-0.25, -0.2) is 4.68 Å². The lowest BCUT2D eigenvalue weighted by molar-refractivity contribution is 0.0788. The van der Waals surface area contributed by atoms with Crippen LogP contribution in [0.1, 0.15) is 35.8 Å². The molecule has 2 heterocycles. The largest absolute Gasteiger partial charge is 0.486 e. The monoisotopic (exact) mass is 411 g/mol. The standard InChI is InChI=1S/C22H22ClN3O3/c1-14(2)21-18(12-25-26(21)16-7-5-6-15(23)10-16)22(27)24-11-17-13-28-19-8-3-4-9-20(19)29-17/h3-10,12,14,17H,11,13H2,1-2H3,(H,24,27). The van der Waals surface area contributed by atoms with Gasteiger partial charge in [0.15, 0.2) is 11.5 Å². The summed E-state index contributed by atoms with van der Waals surface area (Å²) in [6.07, 6.45) is 1.35. The van der Waals surface area contributed by atoms with Gasteiger partial charge >= 0.3 is 0 Å². The minimum absolute atomic E-state index is 0.0957. The first-order valence-electron chi connectivity index (χ1n) is 9.53. The van der Waals surface area contributed by atoms with Gasteiger partial charge in [0.05, 0.1) is 29.7 Å². The summed E-state index contributed by atoms with van der Waals surface area (Å²) in [6.45, 7) is 4.79. The molecule has 1 atom stereocenters. The van der Waals surface area contributed by atoms with Gasteiger partial charge in [-0.05, 0) is 36.2 Å². The molecule has 0 radical (unpaired) electrons. The maximum Gasteiger partial charge on any atom is 0.254 e. The van der Waals surface area contributed by atoms with Crippen molar-refractivity contribution in [1.82, 2.24) is 15.1 Å². The third-order valence-corrected chi connectivity index (χ3v) is 4.94. The molecular formula is C22H22ClN3O3. The van der Waals surface area contributed by atoms with Gasteiger partial charge in [0.1, 0.15) is 12.7 Å². The number of nitrogens with zero attached hydrogens (tertiary/aromatic N) is 2. The van der Waals surface area contributed by atoms with Crippen molar-refractivity contribution in [3.8, 4) is 17.2 Å². The van der Waals surface area contributed by atoms with Crippen molar-refractivity contribution in [2.24, 2.45) is 0 Å². The Labute approximate surface area is 174 Å². The van der Waals surface area contributed by atoms with Crippen LogP contribution in [0, 0.1) is 0 Å². The number of aromatic nitrogens is 2. The van der Waals surface area contributed by atoms with E-state index in [-0.39, 0.29) is 17.9 Å². The highest BCUT2D eigenvalue weighted by molar-refractivity contribution is 6.30. The molecule has 2 aromatic carbocycles. The third-order valence-electron chi connectivity index (χ3n) is 4.71. The second-order valence-electron chi connectivity index (χ2n) is 7.20. The first-order valence-corrected chi connectivity index (χ1v) is 9.91. The van der Waals surface area contributed by atoms with Gasteiger partial charge in [-0.1, -0.05) is 43.6 Å². The quantitative estimate of drug-likeness (QED) is 0.682. The summed E-state index contributed by atoms with van der Waals surface area (Å²) in [5, 5.41) is 8.00. The Morgan fingerprint density at radius 1 is 1.24 bits per heavy atom. The van der Waals surface area contributed by atoms with Gasteiger partial charge in [0.2, 0.25) is 0 Å². The Kier molecular flexibility index (Phi) is 5.45. The number of carbonyl (C=O) groups is 1. The van der Waals surface area contributed by atoms with Crippen molar-refractivity contribution in [2.45, 2.75) is 25.9 Å². The summed E-state index contributed by atoms with van der Waals surface area (Å²) < 4.78 is 13.4. The number of benzene rings is 2. The van der Waals surface area contributed by atoms with Crippen LogP contribution in [0.3, 0.4) is 0 Å². The van der Waals surface area contributed by atoms with E-state index < -0.39 is 0 Å². The van der Waals surface area contributed by atoms with E-state index in [0.29, 0.717) is 29.5 Å². The van der Waals surface area contributed by atoms with Crippen LogP contribution in [0.25, 0.3) is 5.69 Å². The number of amides is 1. The van der Waals surface area contributed by atoms with E-state index in [1.807, 2.05) is 62.4 Å². The number of rotatable bonds is 5. The molecular weight excluding hydrogens is 390 g/mol. The van der Waals surface area contributed by atoms with Crippen LogP contribution in [-0.4, -0.2) is 34.9 Å².